The van der Waals surface area contributed by atoms with E-state index in [1.807, 2.05) is 13.0 Å². The SMILES string of the molecule is Cc1cc(F)c2c(c1)COC(C)(F)C2. The molecule has 1 aliphatic rings. The van der Waals surface area contributed by atoms with Gasteiger partial charge in [0.05, 0.1) is 6.61 Å². The molecule has 0 spiro atoms. The largest absolute Gasteiger partial charge is 0.341 e. The second-order valence-corrected chi connectivity index (χ2v) is 3.95. The van der Waals surface area contributed by atoms with Gasteiger partial charge in [-0.1, -0.05) is 6.07 Å². The topological polar surface area (TPSA) is 9.23 Å². The lowest BCUT2D eigenvalue weighted by Gasteiger charge is -2.28. The van der Waals surface area contributed by atoms with Crippen LogP contribution in [-0.2, 0) is 17.8 Å². The molecular formula is C11H12F2O. The highest BCUT2D eigenvalue weighted by Crippen LogP contribution is 2.31. The predicted molar refractivity (Wildman–Crippen MR) is 49.1 cm³/mol. The van der Waals surface area contributed by atoms with Crippen molar-refractivity contribution >= 4 is 0 Å². The third kappa shape index (κ3) is 1.64. The van der Waals surface area contributed by atoms with Crippen molar-refractivity contribution in [2.24, 2.45) is 0 Å². The van der Waals surface area contributed by atoms with Crippen LogP contribution in [0.1, 0.15) is 23.6 Å². The van der Waals surface area contributed by atoms with Crippen LogP contribution in [0.2, 0.25) is 0 Å². The Hall–Kier alpha value is -0.960. The molecule has 0 saturated carbocycles. The molecule has 2 rings (SSSR count). The molecule has 1 unspecified atom stereocenters. The lowest BCUT2D eigenvalue weighted by molar-refractivity contribution is -0.148. The molecule has 0 fully saturated rings. The fourth-order valence-electron chi connectivity index (χ4n) is 1.77. The summed E-state index contributed by atoms with van der Waals surface area (Å²) < 4.78 is 31.9. The predicted octanol–water partition coefficient (Wildman–Crippen LogP) is 2.89. The van der Waals surface area contributed by atoms with E-state index < -0.39 is 5.85 Å². The number of alkyl halides is 1. The van der Waals surface area contributed by atoms with E-state index in [9.17, 15) is 8.78 Å². The second-order valence-electron chi connectivity index (χ2n) is 3.95. The quantitative estimate of drug-likeness (QED) is 0.622. The number of ether oxygens (including phenoxy) is 1. The fourth-order valence-corrected chi connectivity index (χ4v) is 1.77. The molecule has 1 heterocycles. The summed E-state index contributed by atoms with van der Waals surface area (Å²) in [5, 5.41) is 0. The minimum absolute atomic E-state index is 0.00551. The maximum absolute atomic E-state index is 13.5. The monoisotopic (exact) mass is 198 g/mol. The van der Waals surface area contributed by atoms with Gasteiger partial charge < -0.3 is 4.74 Å². The number of aryl methyl sites for hydroxylation is 1. The van der Waals surface area contributed by atoms with E-state index in [2.05, 4.69) is 0 Å². The standard InChI is InChI=1S/C11H12F2O/c1-7-3-8-6-14-11(2,13)5-9(8)10(12)4-7/h3-4H,5-6H2,1-2H3. The summed E-state index contributed by atoms with van der Waals surface area (Å²) in [6, 6.07) is 3.27. The van der Waals surface area contributed by atoms with Crippen LogP contribution in [0, 0.1) is 12.7 Å². The molecule has 1 aliphatic heterocycles. The van der Waals surface area contributed by atoms with Crippen molar-refractivity contribution < 1.29 is 13.5 Å². The van der Waals surface area contributed by atoms with Crippen LogP contribution >= 0.6 is 0 Å². The highest BCUT2D eigenvalue weighted by atomic mass is 19.2. The molecule has 3 heteroatoms. The first-order valence-corrected chi connectivity index (χ1v) is 4.59. The summed E-state index contributed by atoms with van der Waals surface area (Å²) in [5.74, 6) is -2.06. The number of halogens is 2. The summed E-state index contributed by atoms with van der Waals surface area (Å²) >= 11 is 0. The van der Waals surface area contributed by atoms with E-state index >= 15 is 0 Å². The minimum atomic E-state index is -1.73. The van der Waals surface area contributed by atoms with Gasteiger partial charge in [0.15, 0.2) is 0 Å². The van der Waals surface area contributed by atoms with Crippen LogP contribution in [0.25, 0.3) is 0 Å². The van der Waals surface area contributed by atoms with Crippen LogP contribution < -0.4 is 0 Å². The van der Waals surface area contributed by atoms with Crippen LogP contribution in [-0.4, -0.2) is 5.85 Å². The molecule has 0 aliphatic carbocycles. The number of hydrogen-bond acceptors (Lipinski definition) is 1. The van der Waals surface area contributed by atoms with E-state index in [1.165, 1.54) is 13.0 Å². The Morgan fingerprint density at radius 1 is 1.43 bits per heavy atom. The lowest BCUT2D eigenvalue weighted by Crippen LogP contribution is -2.31. The molecule has 76 valence electrons. The van der Waals surface area contributed by atoms with E-state index in [4.69, 9.17) is 4.74 Å². The van der Waals surface area contributed by atoms with Gasteiger partial charge in [0.2, 0.25) is 5.85 Å². The molecule has 0 bridgehead atoms. The van der Waals surface area contributed by atoms with Gasteiger partial charge in [-0.05, 0) is 36.6 Å². The second kappa shape index (κ2) is 3.02. The maximum Gasteiger partial charge on any atom is 0.210 e. The van der Waals surface area contributed by atoms with Gasteiger partial charge in [0.25, 0.3) is 0 Å². The van der Waals surface area contributed by atoms with Gasteiger partial charge in [-0.15, -0.1) is 0 Å². The van der Waals surface area contributed by atoms with Crippen LogP contribution in [0.5, 0.6) is 0 Å². The molecule has 1 aromatic carbocycles. The summed E-state index contributed by atoms with van der Waals surface area (Å²) in [6.07, 6.45) is -0.00551. The molecule has 0 amide bonds. The van der Waals surface area contributed by atoms with Gasteiger partial charge >= 0.3 is 0 Å². The summed E-state index contributed by atoms with van der Waals surface area (Å²) in [7, 11) is 0. The van der Waals surface area contributed by atoms with Crippen molar-refractivity contribution in [3.8, 4) is 0 Å². The van der Waals surface area contributed by atoms with Crippen molar-refractivity contribution in [2.75, 3.05) is 0 Å². The molecule has 1 atom stereocenters. The van der Waals surface area contributed by atoms with Crippen molar-refractivity contribution in [2.45, 2.75) is 32.7 Å². The van der Waals surface area contributed by atoms with Crippen molar-refractivity contribution in [3.63, 3.8) is 0 Å². The number of hydrogen-bond donors (Lipinski definition) is 0. The Morgan fingerprint density at radius 2 is 2.14 bits per heavy atom. The molecular weight excluding hydrogens is 186 g/mol. The average Bonchev–Trinajstić information content (AvgIpc) is 2.06. The molecule has 14 heavy (non-hydrogen) atoms. The Labute approximate surface area is 81.7 Å². The zero-order valence-corrected chi connectivity index (χ0v) is 8.23. The zero-order chi connectivity index (χ0) is 10.3. The Bertz CT molecular complexity index is 372. The third-order valence-corrected chi connectivity index (χ3v) is 2.45. The van der Waals surface area contributed by atoms with Crippen molar-refractivity contribution in [1.82, 2.24) is 0 Å². The highest BCUT2D eigenvalue weighted by Gasteiger charge is 2.32. The third-order valence-electron chi connectivity index (χ3n) is 2.45. The number of rotatable bonds is 0. The van der Waals surface area contributed by atoms with Crippen molar-refractivity contribution in [1.29, 1.82) is 0 Å². The molecule has 0 radical (unpaired) electrons. The van der Waals surface area contributed by atoms with Crippen molar-refractivity contribution in [3.05, 3.63) is 34.6 Å². The highest BCUT2D eigenvalue weighted by molar-refractivity contribution is 5.34. The first-order valence-electron chi connectivity index (χ1n) is 4.59. The minimum Gasteiger partial charge on any atom is -0.341 e. The number of fused-ring (bicyclic) bond motifs is 1. The molecule has 0 aromatic heterocycles. The van der Waals surface area contributed by atoms with Crippen LogP contribution in [0.3, 0.4) is 0 Å². The van der Waals surface area contributed by atoms with Gasteiger partial charge in [-0.2, -0.15) is 0 Å². The summed E-state index contributed by atoms with van der Waals surface area (Å²) in [5.41, 5.74) is 2.05. The lowest BCUT2D eigenvalue weighted by atomic mass is 9.96. The van der Waals surface area contributed by atoms with E-state index in [0.717, 1.165) is 11.1 Å². The van der Waals surface area contributed by atoms with Gasteiger partial charge in [-0.25, -0.2) is 8.78 Å². The molecule has 1 aromatic rings. The zero-order valence-electron chi connectivity index (χ0n) is 8.23. The fraction of sp³-hybridized carbons (Fsp3) is 0.455. The molecule has 0 N–H and O–H groups in total. The molecule has 1 nitrogen and oxygen atoms in total. The average molecular weight is 198 g/mol. The van der Waals surface area contributed by atoms with Gasteiger partial charge in [0.1, 0.15) is 5.82 Å². The van der Waals surface area contributed by atoms with Gasteiger partial charge in [0, 0.05) is 6.42 Å². The first-order chi connectivity index (χ1) is 6.48. The van der Waals surface area contributed by atoms with Crippen LogP contribution in [0.4, 0.5) is 8.78 Å². The van der Waals surface area contributed by atoms with E-state index in [-0.39, 0.29) is 18.8 Å². The maximum atomic E-state index is 13.5. The Kier molecular flexibility index (Phi) is 2.07. The van der Waals surface area contributed by atoms with E-state index in [1.54, 1.807) is 0 Å². The van der Waals surface area contributed by atoms with E-state index in [0.29, 0.717) is 5.56 Å². The summed E-state index contributed by atoms with van der Waals surface area (Å²) in [4.78, 5) is 0. The Morgan fingerprint density at radius 3 is 2.86 bits per heavy atom. The van der Waals surface area contributed by atoms with Crippen LogP contribution in [0.15, 0.2) is 12.1 Å². The molecule has 0 saturated heterocycles. The Balaban J connectivity index is 2.47. The van der Waals surface area contributed by atoms with Gasteiger partial charge in [-0.3, -0.25) is 0 Å². The summed E-state index contributed by atoms with van der Waals surface area (Å²) in [6.45, 7) is 3.29. The first kappa shape index (κ1) is 9.59. The smallest absolute Gasteiger partial charge is 0.210 e. The normalized spacial score (nSPS) is 26.0. The number of benzene rings is 1.